The van der Waals surface area contributed by atoms with Gasteiger partial charge in [-0.2, -0.15) is 0 Å². The molecule has 0 bridgehead atoms. The fourth-order valence-corrected chi connectivity index (χ4v) is 2.75. The molecule has 1 rings (SSSR count). The van der Waals surface area contributed by atoms with Crippen LogP contribution < -0.4 is 0 Å². The van der Waals surface area contributed by atoms with Crippen molar-refractivity contribution in [2.75, 3.05) is 19.8 Å². The van der Waals surface area contributed by atoms with Crippen LogP contribution in [0.2, 0.25) is 5.02 Å². The molecule has 0 aliphatic rings. The summed E-state index contributed by atoms with van der Waals surface area (Å²) in [7, 11) is 0. The molecule has 0 radical (unpaired) electrons. The number of esters is 3. The van der Waals surface area contributed by atoms with E-state index in [4.69, 9.17) is 25.8 Å². The Morgan fingerprint density at radius 3 is 2.07 bits per heavy atom. The van der Waals surface area contributed by atoms with Gasteiger partial charge in [-0.05, 0) is 38.3 Å². The zero-order valence-electron chi connectivity index (χ0n) is 17.0. The highest BCUT2D eigenvalue weighted by atomic mass is 35.5. The highest BCUT2D eigenvalue weighted by molar-refractivity contribution is 6.32. The molecule has 29 heavy (non-hydrogen) atoms. The molecular formula is C22H27ClO6. The van der Waals surface area contributed by atoms with Crippen molar-refractivity contribution in [1.29, 1.82) is 0 Å². The summed E-state index contributed by atoms with van der Waals surface area (Å²) >= 11 is 6.16. The van der Waals surface area contributed by atoms with Crippen molar-refractivity contribution in [3.63, 3.8) is 0 Å². The topological polar surface area (TPSA) is 78.9 Å². The van der Waals surface area contributed by atoms with Gasteiger partial charge in [-0.3, -0.25) is 14.4 Å². The van der Waals surface area contributed by atoms with Crippen LogP contribution in [-0.4, -0.2) is 37.7 Å². The molecule has 0 heterocycles. The minimum absolute atomic E-state index is 0.0405. The molecule has 0 atom stereocenters. The number of ether oxygens (including phenoxy) is 3. The van der Waals surface area contributed by atoms with Crippen LogP contribution in [0, 0.1) is 5.41 Å². The van der Waals surface area contributed by atoms with E-state index >= 15 is 0 Å². The third kappa shape index (κ3) is 7.74. The number of halogens is 1. The lowest BCUT2D eigenvalue weighted by molar-refractivity contribution is -0.171. The third-order valence-corrected chi connectivity index (χ3v) is 4.36. The molecule has 0 N–H and O–H groups in total. The number of hydrogen-bond donors (Lipinski definition) is 0. The van der Waals surface area contributed by atoms with Crippen LogP contribution in [0.3, 0.4) is 0 Å². The van der Waals surface area contributed by atoms with Crippen molar-refractivity contribution < 1.29 is 28.6 Å². The van der Waals surface area contributed by atoms with Crippen molar-refractivity contribution in [2.24, 2.45) is 5.41 Å². The Morgan fingerprint density at radius 1 is 0.931 bits per heavy atom. The van der Waals surface area contributed by atoms with Gasteiger partial charge in [0.15, 0.2) is 5.41 Å². The maximum absolute atomic E-state index is 12.8. The molecule has 0 amide bonds. The van der Waals surface area contributed by atoms with E-state index in [9.17, 15) is 14.4 Å². The first-order chi connectivity index (χ1) is 13.9. The summed E-state index contributed by atoms with van der Waals surface area (Å²) in [5, 5.41) is 0.558. The molecule has 0 aliphatic carbocycles. The number of benzene rings is 1. The molecule has 0 saturated heterocycles. The van der Waals surface area contributed by atoms with Gasteiger partial charge in [0.2, 0.25) is 0 Å². The highest BCUT2D eigenvalue weighted by Gasteiger charge is 2.47. The van der Waals surface area contributed by atoms with Crippen LogP contribution in [0.15, 0.2) is 42.5 Å². The number of allylic oxidation sites excluding steroid dienone is 2. The van der Waals surface area contributed by atoms with Gasteiger partial charge >= 0.3 is 17.9 Å². The fraction of sp³-hybridized carbons (Fsp3) is 0.409. The number of hydrogen-bond acceptors (Lipinski definition) is 6. The van der Waals surface area contributed by atoms with Crippen molar-refractivity contribution in [3.8, 4) is 0 Å². The van der Waals surface area contributed by atoms with Gasteiger partial charge in [0.25, 0.3) is 0 Å². The van der Waals surface area contributed by atoms with Crippen LogP contribution in [0.1, 0.15) is 39.2 Å². The van der Waals surface area contributed by atoms with E-state index in [2.05, 4.69) is 0 Å². The Hall–Kier alpha value is -2.60. The highest BCUT2D eigenvalue weighted by Crippen LogP contribution is 2.33. The molecule has 1 aromatic rings. The Bertz CT molecular complexity index is 735. The van der Waals surface area contributed by atoms with Gasteiger partial charge < -0.3 is 14.2 Å². The largest absolute Gasteiger partial charge is 0.465 e. The van der Waals surface area contributed by atoms with E-state index in [-0.39, 0.29) is 32.7 Å². The molecule has 1 aromatic carbocycles. The number of carbonyl (C=O) groups excluding carboxylic acids is 3. The minimum atomic E-state index is -1.55. The van der Waals surface area contributed by atoms with Gasteiger partial charge in [0.05, 0.1) is 13.2 Å². The van der Waals surface area contributed by atoms with E-state index < -0.39 is 23.3 Å². The smallest absolute Gasteiger partial charge is 0.324 e. The third-order valence-electron chi connectivity index (χ3n) is 4.02. The molecular weight excluding hydrogens is 396 g/mol. The van der Waals surface area contributed by atoms with E-state index in [0.29, 0.717) is 5.02 Å². The first kappa shape index (κ1) is 24.4. The zero-order valence-corrected chi connectivity index (χ0v) is 17.7. The molecule has 0 spiro atoms. The summed E-state index contributed by atoms with van der Waals surface area (Å²) in [5.41, 5.74) is -0.780. The first-order valence-corrected chi connectivity index (χ1v) is 9.79. The predicted octanol–water partition coefficient (Wildman–Crippen LogP) is 4.37. The second-order valence-corrected chi connectivity index (χ2v) is 6.54. The zero-order chi connectivity index (χ0) is 21.7. The summed E-state index contributed by atoms with van der Waals surface area (Å²) in [6, 6.07) is 7.24. The van der Waals surface area contributed by atoms with Crippen LogP contribution >= 0.6 is 11.6 Å². The summed E-state index contributed by atoms with van der Waals surface area (Å²) in [5.74, 6) is -1.75. The lowest BCUT2D eigenvalue weighted by Crippen LogP contribution is -2.41. The Labute approximate surface area is 176 Å². The van der Waals surface area contributed by atoms with Gasteiger partial charge in [0.1, 0.15) is 6.61 Å². The van der Waals surface area contributed by atoms with E-state index in [1.807, 2.05) is 18.2 Å². The molecule has 0 aliphatic heterocycles. The maximum atomic E-state index is 12.8. The van der Waals surface area contributed by atoms with Crippen LogP contribution in [0.4, 0.5) is 0 Å². The molecule has 0 unspecified atom stereocenters. The van der Waals surface area contributed by atoms with Gasteiger partial charge in [-0.15, -0.1) is 0 Å². The number of carbonyl (C=O) groups is 3. The molecule has 158 valence electrons. The quantitative estimate of drug-likeness (QED) is 0.228. The van der Waals surface area contributed by atoms with Crippen LogP contribution in [-0.2, 0) is 28.6 Å². The Balaban J connectivity index is 3.13. The predicted molar refractivity (Wildman–Crippen MR) is 111 cm³/mol. The lowest BCUT2D eigenvalue weighted by Gasteiger charge is -2.27. The molecule has 0 saturated carbocycles. The lowest BCUT2D eigenvalue weighted by atomic mass is 9.80. The van der Waals surface area contributed by atoms with Crippen molar-refractivity contribution in [2.45, 2.75) is 33.6 Å². The normalized spacial score (nSPS) is 11.6. The Morgan fingerprint density at radius 2 is 1.52 bits per heavy atom. The molecule has 6 nitrogen and oxygen atoms in total. The molecule has 0 fully saturated rings. The van der Waals surface area contributed by atoms with E-state index in [1.54, 1.807) is 44.2 Å². The van der Waals surface area contributed by atoms with Crippen molar-refractivity contribution >= 4 is 35.6 Å². The standard InChI is InChI=1S/C22H27ClO6/c1-4-27-20(25)22(21(26)28-5-2,14-8-9-16-29-17(3)24)15-10-12-18-11-6-7-13-19(18)23/h6-13H,4-5,14-16H2,1-3H3/b9-8+,12-10+. The fourth-order valence-electron chi connectivity index (χ4n) is 2.55. The molecule has 7 heteroatoms. The Kier molecular flexibility index (Phi) is 10.8. The second-order valence-electron chi connectivity index (χ2n) is 6.13. The van der Waals surface area contributed by atoms with Crippen LogP contribution in [0.25, 0.3) is 6.08 Å². The van der Waals surface area contributed by atoms with Crippen molar-refractivity contribution in [3.05, 3.63) is 53.1 Å². The van der Waals surface area contributed by atoms with Crippen LogP contribution in [0.5, 0.6) is 0 Å². The SMILES string of the molecule is CCOC(=O)C(C/C=C/COC(C)=O)(C/C=C/c1ccccc1Cl)C(=O)OCC. The van der Waals surface area contributed by atoms with Gasteiger partial charge in [0, 0.05) is 11.9 Å². The average Bonchev–Trinajstić information content (AvgIpc) is 2.67. The van der Waals surface area contributed by atoms with Gasteiger partial charge in [-0.25, -0.2) is 0 Å². The van der Waals surface area contributed by atoms with E-state index in [1.165, 1.54) is 6.92 Å². The molecule has 0 aromatic heterocycles. The summed E-state index contributed by atoms with van der Waals surface area (Å²) < 4.78 is 15.2. The number of rotatable bonds is 11. The monoisotopic (exact) mass is 422 g/mol. The maximum Gasteiger partial charge on any atom is 0.324 e. The summed E-state index contributed by atoms with van der Waals surface area (Å²) in [6.07, 6.45) is 6.74. The second kappa shape index (κ2) is 12.8. The van der Waals surface area contributed by atoms with E-state index in [0.717, 1.165) is 5.56 Å². The average molecular weight is 423 g/mol. The minimum Gasteiger partial charge on any atom is -0.465 e. The van der Waals surface area contributed by atoms with Crippen molar-refractivity contribution in [1.82, 2.24) is 0 Å². The first-order valence-electron chi connectivity index (χ1n) is 9.41. The summed E-state index contributed by atoms with van der Waals surface area (Å²) in [6.45, 7) is 4.95. The summed E-state index contributed by atoms with van der Waals surface area (Å²) in [4.78, 5) is 36.4. The van der Waals surface area contributed by atoms with Gasteiger partial charge in [-0.1, -0.05) is 54.1 Å².